The molecule has 0 saturated carbocycles. The molecule has 0 saturated heterocycles. The summed E-state index contributed by atoms with van der Waals surface area (Å²) in [5.41, 5.74) is -0.817. The van der Waals surface area contributed by atoms with Crippen molar-refractivity contribution in [1.29, 1.82) is 0 Å². The predicted molar refractivity (Wildman–Crippen MR) is 109 cm³/mol. The number of hydrogen-bond acceptors (Lipinski definition) is 7. The predicted octanol–water partition coefficient (Wildman–Crippen LogP) is 3.17. The lowest BCUT2D eigenvalue weighted by atomic mass is 10.1. The van der Waals surface area contributed by atoms with Gasteiger partial charge in [0.05, 0.1) is 32.7 Å². The molecule has 1 aromatic heterocycles. The van der Waals surface area contributed by atoms with Crippen molar-refractivity contribution in [2.24, 2.45) is 7.05 Å². The Morgan fingerprint density at radius 3 is 1.61 bits per heavy atom. The van der Waals surface area contributed by atoms with Gasteiger partial charge in [0.1, 0.15) is 7.05 Å². The van der Waals surface area contributed by atoms with E-state index in [1.807, 2.05) is 42.2 Å². The summed E-state index contributed by atoms with van der Waals surface area (Å²) in [5, 5.41) is 42.1. The monoisotopic (exact) mass is 424 g/mol. The molecule has 0 radical (unpaired) electrons. The van der Waals surface area contributed by atoms with Gasteiger partial charge in [0.25, 0.3) is 17.1 Å². The van der Waals surface area contributed by atoms with Crippen LogP contribution in [0.4, 0.5) is 17.1 Å². The molecule has 3 rings (SSSR count). The van der Waals surface area contributed by atoms with Crippen LogP contribution in [0.2, 0.25) is 0 Å². The fourth-order valence-corrected chi connectivity index (χ4v) is 2.34. The Balaban J connectivity index is 0.000000220. The van der Waals surface area contributed by atoms with Gasteiger partial charge < -0.3 is 5.11 Å². The summed E-state index contributed by atoms with van der Waals surface area (Å²) in [6.07, 6.45) is 8.33. The van der Waals surface area contributed by atoms with E-state index in [0.717, 1.165) is 0 Å². The van der Waals surface area contributed by atoms with Crippen LogP contribution in [-0.4, -0.2) is 14.8 Å². The molecule has 0 fully saturated rings. The smallest absolute Gasteiger partial charge is 0.283 e. The number of aromatic nitrogens is 1. The molecule has 11 heteroatoms. The zero-order valence-corrected chi connectivity index (χ0v) is 16.2. The minimum Gasteiger partial charge on any atom is -0.863 e. The largest absolute Gasteiger partial charge is 0.863 e. The normalized spacial score (nSPS) is 10.2. The first-order chi connectivity index (χ1) is 14.7. The quantitative estimate of drug-likeness (QED) is 0.346. The van der Waals surface area contributed by atoms with Crippen LogP contribution in [-0.2, 0) is 7.05 Å². The molecule has 0 amide bonds. The fourth-order valence-electron chi connectivity index (χ4n) is 2.34. The van der Waals surface area contributed by atoms with Gasteiger partial charge in [-0.2, -0.15) is 0 Å². The fraction of sp³-hybridized carbons (Fsp3) is 0.0500. The minimum atomic E-state index is -1.46. The summed E-state index contributed by atoms with van der Waals surface area (Å²) in [5.74, 6) is -1.46. The van der Waals surface area contributed by atoms with Gasteiger partial charge in [-0.15, -0.1) is 0 Å². The number of pyridine rings is 1. The molecule has 1 heterocycles. The topological polar surface area (TPSA) is 156 Å². The summed E-state index contributed by atoms with van der Waals surface area (Å²) < 4.78 is 2.03. The van der Waals surface area contributed by atoms with E-state index in [1.165, 1.54) is 11.1 Å². The summed E-state index contributed by atoms with van der Waals surface area (Å²) in [4.78, 5) is 27.5. The van der Waals surface area contributed by atoms with Gasteiger partial charge in [-0.05, 0) is 11.1 Å². The Bertz CT molecular complexity index is 1100. The third kappa shape index (κ3) is 6.42. The number of rotatable bonds is 5. The van der Waals surface area contributed by atoms with E-state index in [0.29, 0.717) is 12.1 Å². The van der Waals surface area contributed by atoms with Crippen molar-refractivity contribution in [2.75, 3.05) is 0 Å². The highest BCUT2D eigenvalue weighted by Gasteiger charge is 2.24. The molecule has 0 aliphatic heterocycles. The van der Waals surface area contributed by atoms with Crippen LogP contribution in [0.1, 0.15) is 11.1 Å². The summed E-state index contributed by atoms with van der Waals surface area (Å²) in [6.45, 7) is 0. The number of nitro benzene ring substituents is 3. The van der Waals surface area contributed by atoms with Crippen molar-refractivity contribution >= 4 is 29.2 Å². The molecule has 31 heavy (non-hydrogen) atoms. The molecule has 0 atom stereocenters. The van der Waals surface area contributed by atoms with Crippen LogP contribution in [0, 0.1) is 30.3 Å². The lowest BCUT2D eigenvalue weighted by Crippen LogP contribution is -2.25. The first kappa shape index (κ1) is 22.6. The van der Waals surface area contributed by atoms with Crippen LogP contribution in [0.25, 0.3) is 12.2 Å². The molecule has 158 valence electrons. The molecule has 2 aromatic carbocycles. The Morgan fingerprint density at radius 1 is 0.742 bits per heavy atom. The first-order valence-corrected chi connectivity index (χ1v) is 8.65. The highest BCUT2D eigenvalue weighted by Crippen LogP contribution is 2.36. The second-order valence-corrected chi connectivity index (χ2v) is 6.13. The zero-order chi connectivity index (χ0) is 23.0. The van der Waals surface area contributed by atoms with Gasteiger partial charge in [0, 0.05) is 12.1 Å². The summed E-state index contributed by atoms with van der Waals surface area (Å²) >= 11 is 0. The molecule has 3 aromatic rings. The van der Waals surface area contributed by atoms with Crippen molar-refractivity contribution in [3.05, 3.63) is 108 Å². The second kappa shape index (κ2) is 10.2. The van der Waals surface area contributed by atoms with Gasteiger partial charge in [0.2, 0.25) is 0 Å². The summed E-state index contributed by atoms with van der Waals surface area (Å²) in [7, 11) is 2.02. The number of benzene rings is 2. The number of hydrogen-bond donors (Lipinski definition) is 0. The average molecular weight is 424 g/mol. The molecular formula is C20H16N4O7. The number of aryl methyl sites for hydroxylation is 1. The highest BCUT2D eigenvalue weighted by molar-refractivity contribution is 5.69. The van der Waals surface area contributed by atoms with Gasteiger partial charge in [-0.3, -0.25) is 30.3 Å². The molecule has 0 N–H and O–H groups in total. The Morgan fingerprint density at radius 2 is 1.19 bits per heavy atom. The molecule has 0 bridgehead atoms. The molecule has 0 aliphatic rings. The van der Waals surface area contributed by atoms with Gasteiger partial charge in [-0.1, -0.05) is 42.5 Å². The van der Waals surface area contributed by atoms with E-state index in [4.69, 9.17) is 0 Å². The van der Waals surface area contributed by atoms with Crippen molar-refractivity contribution in [2.45, 2.75) is 0 Å². The summed E-state index contributed by atoms with van der Waals surface area (Å²) in [6, 6.07) is 15.3. The standard InChI is InChI=1S/C14H14N.C6H3N3O7/c1-15-11-9-14(10-12-15)8-7-13-5-3-2-4-6-13;10-6-4(8(13)14)1-3(7(11)12)2-5(6)9(15)16/h2-12H,1H3;1-2,10H/q+1;/p-1/b8-7+;. The van der Waals surface area contributed by atoms with E-state index >= 15 is 0 Å². The highest BCUT2D eigenvalue weighted by atomic mass is 16.6. The lowest BCUT2D eigenvalue weighted by molar-refractivity contribution is -0.671. The number of nitrogens with zero attached hydrogens (tertiary/aromatic N) is 4. The Hall–Kier alpha value is -4.67. The van der Waals surface area contributed by atoms with E-state index in [9.17, 15) is 35.4 Å². The Labute approximate surface area is 175 Å². The van der Waals surface area contributed by atoms with E-state index in [1.54, 1.807) is 0 Å². The SMILES string of the molecule is C[n+]1ccc(/C=C/c2ccccc2)cc1.O=[N+]([O-])c1cc([N+](=O)[O-])c([O-])c([N+](=O)[O-])c1. The molecule has 0 aliphatic carbocycles. The molecule has 11 nitrogen and oxygen atoms in total. The van der Waals surface area contributed by atoms with E-state index in [2.05, 4.69) is 36.4 Å². The Kier molecular flexibility index (Phi) is 7.45. The second-order valence-electron chi connectivity index (χ2n) is 6.13. The van der Waals surface area contributed by atoms with Gasteiger partial charge >= 0.3 is 0 Å². The number of non-ortho nitro benzene ring substituents is 1. The van der Waals surface area contributed by atoms with Crippen LogP contribution >= 0.6 is 0 Å². The average Bonchev–Trinajstić information content (AvgIpc) is 2.74. The maximum atomic E-state index is 11.1. The van der Waals surface area contributed by atoms with Crippen LogP contribution in [0.3, 0.4) is 0 Å². The zero-order valence-electron chi connectivity index (χ0n) is 16.2. The minimum absolute atomic E-state index is 0.384. The van der Waals surface area contributed by atoms with Gasteiger partial charge in [0.15, 0.2) is 12.4 Å². The maximum absolute atomic E-state index is 11.1. The van der Waals surface area contributed by atoms with Crippen LogP contribution < -0.4 is 9.67 Å². The first-order valence-electron chi connectivity index (χ1n) is 8.65. The van der Waals surface area contributed by atoms with Gasteiger partial charge in [-0.25, -0.2) is 4.57 Å². The lowest BCUT2D eigenvalue weighted by Gasteiger charge is -2.06. The molecule has 0 spiro atoms. The third-order valence-electron chi connectivity index (χ3n) is 3.91. The van der Waals surface area contributed by atoms with E-state index in [-0.39, 0.29) is 0 Å². The van der Waals surface area contributed by atoms with Crippen molar-refractivity contribution in [3.63, 3.8) is 0 Å². The molecule has 0 unspecified atom stereocenters. The van der Waals surface area contributed by atoms with Crippen LogP contribution in [0.15, 0.2) is 67.0 Å². The van der Waals surface area contributed by atoms with Crippen LogP contribution in [0.5, 0.6) is 5.75 Å². The van der Waals surface area contributed by atoms with E-state index < -0.39 is 37.6 Å². The molecular weight excluding hydrogens is 408 g/mol. The van der Waals surface area contributed by atoms with Crippen molar-refractivity contribution in [1.82, 2.24) is 0 Å². The maximum Gasteiger partial charge on any atom is 0.283 e. The third-order valence-corrected chi connectivity index (χ3v) is 3.91. The van der Waals surface area contributed by atoms with Crippen molar-refractivity contribution in [3.8, 4) is 5.75 Å². The number of nitro groups is 3. The van der Waals surface area contributed by atoms with Crippen molar-refractivity contribution < 1.29 is 24.4 Å².